The zero-order chi connectivity index (χ0) is 15.4. The molecule has 22 heavy (non-hydrogen) atoms. The number of benzene rings is 1. The van der Waals surface area contributed by atoms with Gasteiger partial charge in [-0.3, -0.25) is 4.79 Å². The fourth-order valence-electron chi connectivity index (χ4n) is 3.09. The lowest BCUT2D eigenvalue weighted by atomic mass is 10.1. The predicted octanol–water partition coefficient (Wildman–Crippen LogP) is 3.50. The Balaban J connectivity index is 1.62. The van der Waals surface area contributed by atoms with Gasteiger partial charge in [0.2, 0.25) is 5.91 Å². The number of nitrogens with one attached hydrogen (secondary N) is 1. The third-order valence-corrected chi connectivity index (χ3v) is 4.23. The smallest absolute Gasteiger partial charge is 0.223 e. The van der Waals surface area contributed by atoms with Crippen molar-refractivity contribution >= 4 is 5.91 Å². The van der Waals surface area contributed by atoms with E-state index < -0.39 is 0 Å². The third-order valence-electron chi connectivity index (χ3n) is 4.23. The van der Waals surface area contributed by atoms with E-state index >= 15 is 0 Å². The Bertz CT molecular complexity index is 628. The Morgan fingerprint density at radius 3 is 2.73 bits per heavy atom. The third kappa shape index (κ3) is 3.38. The second kappa shape index (κ2) is 6.77. The molecule has 1 N–H and O–H groups in total. The maximum atomic E-state index is 12.0. The lowest BCUT2D eigenvalue weighted by Crippen LogP contribution is -2.30. The fraction of sp³-hybridized carbons (Fsp3) is 0.444. The first kappa shape index (κ1) is 14.8. The molecule has 1 saturated carbocycles. The number of amides is 1. The summed E-state index contributed by atoms with van der Waals surface area (Å²) >= 11 is 0. The predicted molar refractivity (Wildman–Crippen MR) is 85.3 cm³/mol. The number of carbonyl (C=O) groups excluding carboxylic acids is 1. The molecule has 0 atom stereocenters. The first-order valence-corrected chi connectivity index (χ1v) is 8.03. The number of hydrogen-bond donors (Lipinski definition) is 1. The van der Waals surface area contributed by atoms with Crippen LogP contribution in [0.25, 0.3) is 11.3 Å². The molecule has 1 heterocycles. The summed E-state index contributed by atoms with van der Waals surface area (Å²) in [5.41, 5.74) is 1.93. The van der Waals surface area contributed by atoms with Crippen molar-refractivity contribution in [2.24, 2.45) is 5.92 Å². The maximum Gasteiger partial charge on any atom is 0.223 e. The Labute approximate surface area is 130 Å². The molecule has 0 unspecified atom stereocenters. The highest BCUT2D eigenvalue weighted by Crippen LogP contribution is 2.25. The van der Waals surface area contributed by atoms with Crippen molar-refractivity contribution < 1.29 is 9.21 Å². The lowest BCUT2D eigenvalue weighted by molar-refractivity contribution is -0.124. The summed E-state index contributed by atoms with van der Waals surface area (Å²) in [7, 11) is 0. The van der Waals surface area contributed by atoms with Crippen LogP contribution in [0, 0.1) is 12.8 Å². The Morgan fingerprint density at radius 1 is 1.27 bits per heavy atom. The summed E-state index contributed by atoms with van der Waals surface area (Å²) < 4.78 is 5.71. The minimum absolute atomic E-state index is 0.190. The van der Waals surface area contributed by atoms with Crippen molar-refractivity contribution in [2.75, 3.05) is 6.54 Å². The van der Waals surface area contributed by atoms with E-state index in [2.05, 4.69) is 10.3 Å². The molecule has 0 aliphatic heterocycles. The van der Waals surface area contributed by atoms with Crippen LogP contribution in [-0.2, 0) is 11.2 Å². The minimum atomic E-state index is 0.190. The van der Waals surface area contributed by atoms with Crippen LogP contribution in [0.15, 0.2) is 34.7 Å². The van der Waals surface area contributed by atoms with Crippen molar-refractivity contribution in [1.29, 1.82) is 0 Å². The molecule has 1 aromatic carbocycles. The van der Waals surface area contributed by atoms with E-state index in [0.29, 0.717) is 18.9 Å². The summed E-state index contributed by atoms with van der Waals surface area (Å²) in [5.74, 6) is 1.91. The van der Waals surface area contributed by atoms with Crippen molar-refractivity contribution in [3.8, 4) is 11.3 Å². The van der Waals surface area contributed by atoms with Gasteiger partial charge in [0.1, 0.15) is 11.5 Å². The van der Waals surface area contributed by atoms with Crippen LogP contribution in [-0.4, -0.2) is 17.4 Å². The quantitative estimate of drug-likeness (QED) is 0.919. The molecule has 4 nitrogen and oxygen atoms in total. The SMILES string of the molecule is Cc1nc(-c2ccccc2)c(CCNC(=O)C2CCCC2)o1. The topological polar surface area (TPSA) is 55.1 Å². The second-order valence-corrected chi connectivity index (χ2v) is 5.89. The Hall–Kier alpha value is -2.10. The van der Waals surface area contributed by atoms with Crippen LogP contribution in [0.2, 0.25) is 0 Å². The lowest BCUT2D eigenvalue weighted by Gasteiger charge is -2.09. The molecule has 0 radical (unpaired) electrons. The summed E-state index contributed by atoms with van der Waals surface area (Å²) in [6.07, 6.45) is 5.09. The largest absolute Gasteiger partial charge is 0.445 e. The van der Waals surface area contributed by atoms with E-state index in [1.807, 2.05) is 37.3 Å². The number of carbonyl (C=O) groups is 1. The van der Waals surface area contributed by atoms with Crippen LogP contribution in [0.5, 0.6) is 0 Å². The van der Waals surface area contributed by atoms with Crippen molar-refractivity contribution in [3.05, 3.63) is 42.0 Å². The van der Waals surface area contributed by atoms with Crippen LogP contribution in [0.3, 0.4) is 0 Å². The van der Waals surface area contributed by atoms with E-state index in [0.717, 1.165) is 29.9 Å². The fourth-order valence-corrected chi connectivity index (χ4v) is 3.09. The summed E-state index contributed by atoms with van der Waals surface area (Å²) in [4.78, 5) is 16.5. The van der Waals surface area contributed by atoms with Gasteiger partial charge in [0.25, 0.3) is 0 Å². The van der Waals surface area contributed by atoms with Gasteiger partial charge in [-0.05, 0) is 12.8 Å². The number of aryl methyl sites for hydroxylation is 1. The average Bonchev–Trinajstić information content (AvgIpc) is 3.18. The normalized spacial score (nSPS) is 15.1. The molecule has 2 aromatic rings. The number of hydrogen-bond acceptors (Lipinski definition) is 3. The minimum Gasteiger partial charge on any atom is -0.445 e. The Morgan fingerprint density at radius 2 is 2.00 bits per heavy atom. The molecule has 3 rings (SSSR count). The summed E-state index contributed by atoms with van der Waals surface area (Å²) in [5, 5.41) is 3.03. The molecule has 4 heteroatoms. The molecule has 0 bridgehead atoms. The van der Waals surface area contributed by atoms with Gasteiger partial charge in [0.15, 0.2) is 5.89 Å². The zero-order valence-corrected chi connectivity index (χ0v) is 13.0. The molecule has 0 saturated heterocycles. The van der Waals surface area contributed by atoms with E-state index in [1.54, 1.807) is 0 Å². The average molecular weight is 298 g/mol. The first-order chi connectivity index (χ1) is 10.7. The highest BCUT2D eigenvalue weighted by atomic mass is 16.4. The van der Waals surface area contributed by atoms with Crippen LogP contribution in [0.1, 0.15) is 37.3 Å². The highest BCUT2D eigenvalue weighted by molar-refractivity contribution is 5.78. The molecule has 1 aliphatic rings. The van der Waals surface area contributed by atoms with Gasteiger partial charge in [0.05, 0.1) is 0 Å². The van der Waals surface area contributed by atoms with Gasteiger partial charge < -0.3 is 9.73 Å². The standard InChI is InChI=1S/C18H22N2O2/c1-13-20-17(14-7-3-2-4-8-14)16(22-13)11-12-19-18(21)15-9-5-6-10-15/h2-4,7-8,15H,5-6,9-12H2,1H3,(H,19,21). The second-order valence-electron chi connectivity index (χ2n) is 5.89. The van der Waals surface area contributed by atoms with Crippen molar-refractivity contribution in [1.82, 2.24) is 10.3 Å². The summed E-state index contributed by atoms with van der Waals surface area (Å²) in [6, 6.07) is 10.0. The van der Waals surface area contributed by atoms with Gasteiger partial charge in [-0.15, -0.1) is 0 Å². The number of rotatable bonds is 5. The van der Waals surface area contributed by atoms with Gasteiger partial charge in [-0.2, -0.15) is 0 Å². The monoisotopic (exact) mass is 298 g/mol. The maximum absolute atomic E-state index is 12.0. The number of oxazole rings is 1. The van der Waals surface area contributed by atoms with Crippen LogP contribution in [0.4, 0.5) is 0 Å². The highest BCUT2D eigenvalue weighted by Gasteiger charge is 2.22. The molecule has 1 fully saturated rings. The van der Waals surface area contributed by atoms with Gasteiger partial charge in [-0.25, -0.2) is 4.98 Å². The molecule has 1 amide bonds. The Kier molecular flexibility index (Phi) is 4.56. The molecular weight excluding hydrogens is 276 g/mol. The van der Waals surface area contributed by atoms with Gasteiger partial charge in [0, 0.05) is 31.4 Å². The first-order valence-electron chi connectivity index (χ1n) is 8.03. The number of nitrogens with zero attached hydrogens (tertiary/aromatic N) is 1. The van der Waals surface area contributed by atoms with Crippen LogP contribution < -0.4 is 5.32 Å². The molecule has 1 aliphatic carbocycles. The van der Waals surface area contributed by atoms with E-state index in [4.69, 9.17) is 4.42 Å². The van der Waals surface area contributed by atoms with Gasteiger partial charge in [-0.1, -0.05) is 43.2 Å². The number of aromatic nitrogens is 1. The molecular formula is C18H22N2O2. The zero-order valence-electron chi connectivity index (χ0n) is 13.0. The molecule has 116 valence electrons. The molecule has 1 aromatic heterocycles. The van der Waals surface area contributed by atoms with Gasteiger partial charge >= 0.3 is 0 Å². The van der Waals surface area contributed by atoms with Crippen molar-refractivity contribution in [3.63, 3.8) is 0 Å². The molecule has 0 spiro atoms. The van der Waals surface area contributed by atoms with E-state index in [1.165, 1.54) is 12.8 Å². The van der Waals surface area contributed by atoms with E-state index in [9.17, 15) is 4.79 Å². The van der Waals surface area contributed by atoms with E-state index in [-0.39, 0.29) is 11.8 Å². The van der Waals surface area contributed by atoms with Crippen molar-refractivity contribution in [2.45, 2.75) is 39.0 Å². The summed E-state index contributed by atoms with van der Waals surface area (Å²) in [6.45, 7) is 2.46. The van der Waals surface area contributed by atoms with Crippen LogP contribution >= 0.6 is 0 Å².